The number of halogens is 2. The first kappa shape index (κ1) is 13.1. The zero-order chi connectivity index (χ0) is 13.2. The molecule has 18 heavy (non-hydrogen) atoms. The number of benzene rings is 2. The fourth-order valence-corrected chi connectivity index (χ4v) is 2.04. The number of hydrogen-bond acceptors (Lipinski definition) is 1. The van der Waals surface area contributed by atoms with Gasteiger partial charge >= 0.3 is 0 Å². The van der Waals surface area contributed by atoms with Gasteiger partial charge in [-0.1, -0.05) is 35.9 Å². The Morgan fingerprint density at radius 1 is 1.06 bits per heavy atom. The van der Waals surface area contributed by atoms with Crippen LogP contribution >= 0.6 is 11.6 Å². The summed E-state index contributed by atoms with van der Waals surface area (Å²) in [7, 11) is 0. The largest absolute Gasteiger partial charge is 0.385 e. The summed E-state index contributed by atoms with van der Waals surface area (Å²) in [4.78, 5) is 0. The van der Waals surface area contributed by atoms with E-state index in [1.54, 1.807) is 43.3 Å². The van der Waals surface area contributed by atoms with Gasteiger partial charge < -0.3 is 5.11 Å². The van der Waals surface area contributed by atoms with Gasteiger partial charge in [0, 0.05) is 11.4 Å². The zero-order valence-corrected chi connectivity index (χ0v) is 10.8. The van der Waals surface area contributed by atoms with E-state index in [0.29, 0.717) is 11.4 Å². The monoisotopic (exact) mass is 264 g/mol. The van der Waals surface area contributed by atoms with Gasteiger partial charge in [-0.3, -0.25) is 0 Å². The van der Waals surface area contributed by atoms with Crippen LogP contribution in [0.3, 0.4) is 0 Å². The quantitative estimate of drug-likeness (QED) is 0.891. The molecule has 2 aromatic rings. The van der Waals surface area contributed by atoms with Crippen molar-refractivity contribution in [1.82, 2.24) is 0 Å². The van der Waals surface area contributed by atoms with Crippen molar-refractivity contribution in [1.29, 1.82) is 0 Å². The Kier molecular flexibility index (Phi) is 3.69. The second-order valence-electron chi connectivity index (χ2n) is 4.58. The van der Waals surface area contributed by atoms with Crippen LogP contribution in [0.2, 0.25) is 5.02 Å². The van der Waals surface area contributed by atoms with Gasteiger partial charge in [0.05, 0.1) is 5.60 Å². The molecule has 2 rings (SSSR count). The van der Waals surface area contributed by atoms with Gasteiger partial charge in [-0.15, -0.1) is 0 Å². The first-order valence-corrected chi connectivity index (χ1v) is 6.08. The van der Waals surface area contributed by atoms with Crippen LogP contribution in [-0.4, -0.2) is 5.11 Å². The highest BCUT2D eigenvalue weighted by molar-refractivity contribution is 6.30. The summed E-state index contributed by atoms with van der Waals surface area (Å²) >= 11 is 5.82. The number of hydrogen-bond donors (Lipinski definition) is 1. The van der Waals surface area contributed by atoms with Crippen molar-refractivity contribution in [2.75, 3.05) is 0 Å². The second-order valence-corrected chi connectivity index (χ2v) is 5.02. The van der Waals surface area contributed by atoms with E-state index in [9.17, 15) is 9.50 Å². The zero-order valence-electron chi connectivity index (χ0n) is 10.0. The minimum absolute atomic E-state index is 0.273. The second kappa shape index (κ2) is 5.09. The van der Waals surface area contributed by atoms with Gasteiger partial charge in [0.15, 0.2) is 0 Å². The molecule has 0 amide bonds. The van der Waals surface area contributed by atoms with Gasteiger partial charge in [0.2, 0.25) is 0 Å². The van der Waals surface area contributed by atoms with E-state index in [-0.39, 0.29) is 5.82 Å². The van der Waals surface area contributed by atoms with Crippen molar-refractivity contribution in [3.63, 3.8) is 0 Å². The fraction of sp³-hybridized carbons (Fsp3) is 0.200. The fourth-order valence-electron chi connectivity index (χ4n) is 1.91. The van der Waals surface area contributed by atoms with E-state index in [4.69, 9.17) is 11.6 Å². The molecule has 0 heterocycles. The molecule has 2 aromatic carbocycles. The molecule has 1 unspecified atom stereocenters. The molecule has 0 saturated heterocycles. The lowest BCUT2D eigenvalue weighted by atomic mass is 9.89. The van der Waals surface area contributed by atoms with Crippen molar-refractivity contribution >= 4 is 11.6 Å². The first-order chi connectivity index (χ1) is 8.47. The molecule has 0 radical (unpaired) electrons. The molecule has 0 aliphatic heterocycles. The molecule has 1 nitrogen and oxygen atoms in total. The molecule has 3 heteroatoms. The van der Waals surface area contributed by atoms with Gasteiger partial charge in [-0.25, -0.2) is 4.39 Å². The average molecular weight is 265 g/mol. The minimum Gasteiger partial charge on any atom is -0.385 e. The molecule has 0 fully saturated rings. The van der Waals surface area contributed by atoms with Crippen LogP contribution in [0, 0.1) is 5.82 Å². The Hall–Kier alpha value is -1.38. The van der Waals surface area contributed by atoms with Crippen molar-refractivity contribution in [2.45, 2.75) is 18.9 Å². The standard InChI is InChI=1S/C15H14ClFO/c1-15(18,12-4-6-13(16)7-5-12)10-11-2-8-14(17)9-3-11/h2-9,18H,10H2,1H3. The Labute approximate surface area is 111 Å². The molecule has 0 aliphatic carbocycles. The molecule has 1 N–H and O–H groups in total. The average Bonchev–Trinajstić information content (AvgIpc) is 2.32. The maximum atomic E-state index is 12.8. The summed E-state index contributed by atoms with van der Waals surface area (Å²) in [5, 5.41) is 11.1. The Bertz CT molecular complexity index is 517. The summed E-state index contributed by atoms with van der Waals surface area (Å²) in [6.07, 6.45) is 0.426. The Morgan fingerprint density at radius 3 is 2.17 bits per heavy atom. The highest BCUT2D eigenvalue weighted by Crippen LogP contribution is 2.26. The molecule has 94 valence electrons. The molecule has 0 aromatic heterocycles. The Balaban J connectivity index is 2.20. The number of aliphatic hydroxyl groups is 1. The topological polar surface area (TPSA) is 20.2 Å². The highest BCUT2D eigenvalue weighted by Gasteiger charge is 2.23. The summed E-state index contributed by atoms with van der Waals surface area (Å²) in [6.45, 7) is 1.74. The van der Waals surface area contributed by atoms with Crippen molar-refractivity contribution in [2.24, 2.45) is 0 Å². The third kappa shape index (κ3) is 3.09. The smallest absolute Gasteiger partial charge is 0.123 e. The predicted molar refractivity (Wildman–Crippen MR) is 71.1 cm³/mol. The predicted octanol–water partition coefficient (Wildman–Crippen LogP) is 3.93. The third-order valence-corrected chi connectivity index (χ3v) is 3.18. The van der Waals surface area contributed by atoms with Gasteiger partial charge in [-0.05, 0) is 42.3 Å². The van der Waals surface area contributed by atoms with Crippen LogP contribution in [0.25, 0.3) is 0 Å². The Morgan fingerprint density at radius 2 is 1.61 bits per heavy atom. The van der Waals surface area contributed by atoms with Crippen LogP contribution in [0.15, 0.2) is 48.5 Å². The van der Waals surface area contributed by atoms with Gasteiger partial charge in [-0.2, -0.15) is 0 Å². The van der Waals surface area contributed by atoms with Crippen LogP contribution in [0.1, 0.15) is 18.1 Å². The molecular weight excluding hydrogens is 251 g/mol. The third-order valence-electron chi connectivity index (χ3n) is 2.93. The normalized spacial score (nSPS) is 14.2. The summed E-state index contributed by atoms with van der Waals surface area (Å²) < 4.78 is 12.8. The van der Waals surface area contributed by atoms with Crippen LogP contribution < -0.4 is 0 Å². The minimum atomic E-state index is -0.998. The molecule has 1 atom stereocenters. The van der Waals surface area contributed by atoms with E-state index < -0.39 is 5.60 Å². The molecule has 0 aliphatic rings. The first-order valence-electron chi connectivity index (χ1n) is 5.70. The van der Waals surface area contributed by atoms with Crippen molar-refractivity contribution in [3.05, 3.63) is 70.5 Å². The summed E-state index contributed by atoms with van der Waals surface area (Å²) in [6, 6.07) is 13.2. The SMILES string of the molecule is CC(O)(Cc1ccc(F)cc1)c1ccc(Cl)cc1. The van der Waals surface area contributed by atoms with E-state index in [0.717, 1.165) is 11.1 Å². The molecular formula is C15H14ClFO. The van der Waals surface area contributed by atoms with Crippen LogP contribution in [0.5, 0.6) is 0 Å². The maximum Gasteiger partial charge on any atom is 0.123 e. The summed E-state index contributed by atoms with van der Waals surface area (Å²) in [5.41, 5.74) is 0.676. The van der Waals surface area contributed by atoms with Crippen molar-refractivity contribution < 1.29 is 9.50 Å². The number of rotatable bonds is 3. The van der Waals surface area contributed by atoms with E-state index in [2.05, 4.69) is 0 Å². The maximum absolute atomic E-state index is 12.8. The lowest BCUT2D eigenvalue weighted by Gasteiger charge is -2.24. The van der Waals surface area contributed by atoms with Gasteiger partial charge in [0.1, 0.15) is 5.82 Å². The van der Waals surface area contributed by atoms with Crippen molar-refractivity contribution in [3.8, 4) is 0 Å². The molecule has 0 saturated carbocycles. The highest BCUT2D eigenvalue weighted by atomic mass is 35.5. The van der Waals surface area contributed by atoms with Crippen LogP contribution in [0.4, 0.5) is 4.39 Å². The van der Waals surface area contributed by atoms with E-state index in [1.807, 2.05) is 0 Å². The summed E-state index contributed by atoms with van der Waals surface area (Å²) in [5.74, 6) is -0.273. The van der Waals surface area contributed by atoms with E-state index >= 15 is 0 Å². The molecule has 0 bridgehead atoms. The van der Waals surface area contributed by atoms with Gasteiger partial charge in [0.25, 0.3) is 0 Å². The van der Waals surface area contributed by atoms with E-state index in [1.165, 1.54) is 12.1 Å². The lowest BCUT2D eigenvalue weighted by Crippen LogP contribution is -2.24. The molecule has 0 spiro atoms. The lowest BCUT2D eigenvalue weighted by molar-refractivity contribution is 0.0576. The van der Waals surface area contributed by atoms with Crippen LogP contribution in [-0.2, 0) is 12.0 Å².